The van der Waals surface area contributed by atoms with E-state index in [9.17, 15) is 9.59 Å². The Morgan fingerprint density at radius 1 is 1.33 bits per heavy atom. The average molecular weight is 365 g/mol. The maximum Gasteiger partial charge on any atom is 0.347 e. The number of nitrogens with zero attached hydrogens (tertiary/aromatic N) is 1. The van der Waals surface area contributed by atoms with E-state index >= 15 is 0 Å². The monoisotopic (exact) mass is 364 g/mol. The van der Waals surface area contributed by atoms with Crippen molar-refractivity contribution < 1.29 is 19.1 Å². The first-order valence-electron chi connectivity index (χ1n) is 6.86. The molecule has 0 aliphatic rings. The van der Waals surface area contributed by atoms with Gasteiger partial charge in [-0.25, -0.2) is 4.79 Å². The number of amides is 1. The van der Waals surface area contributed by atoms with Crippen molar-refractivity contribution in [2.24, 2.45) is 0 Å². The van der Waals surface area contributed by atoms with Gasteiger partial charge in [-0.2, -0.15) is 5.26 Å². The van der Waals surface area contributed by atoms with Crippen molar-refractivity contribution in [3.63, 3.8) is 0 Å². The fourth-order valence-electron chi connectivity index (χ4n) is 1.68. The van der Waals surface area contributed by atoms with Gasteiger partial charge in [0.1, 0.15) is 16.8 Å². The highest BCUT2D eigenvalue weighted by Gasteiger charge is 2.18. The topological polar surface area (TPSA) is 88.4 Å². The van der Waals surface area contributed by atoms with Crippen LogP contribution in [-0.2, 0) is 14.3 Å². The summed E-state index contributed by atoms with van der Waals surface area (Å²) >= 11 is 6.98. The number of carbonyl (C=O) groups is 2. The lowest BCUT2D eigenvalue weighted by atomic mass is 10.3. The van der Waals surface area contributed by atoms with Crippen LogP contribution in [0.5, 0.6) is 5.75 Å². The van der Waals surface area contributed by atoms with E-state index in [0.717, 1.165) is 0 Å². The quantitative estimate of drug-likeness (QED) is 0.795. The SMILES string of the molecule is C[C@@H](Oc1ccc(Cl)cc1)C(=O)OCC(=O)Nc1sccc1C#N. The van der Waals surface area contributed by atoms with Gasteiger partial charge < -0.3 is 14.8 Å². The zero-order valence-electron chi connectivity index (χ0n) is 12.6. The Morgan fingerprint density at radius 2 is 2.04 bits per heavy atom. The summed E-state index contributed by atoms with van der Waals surface area (Å²) < 4.78 is 10.3. The van der Waals surface area contributed by atoms with Crippen LogP contribution in [0.1, 0.15) is 12.5 Å². The number of carbonyl (C=O) groups excluding carboxylic acids is 2. The summed E-state index contributed by atoms with van der Waals surface area (Å²) in [7, 11) is 0. The van der Waals surface area contributed by atoms with Crippen LogP contribution in [0.25, 0.3) is 0 Å². The normalized spacial score (nSPS) is 11.2. The maximum absolute atomic E-state index is 11.8. The number of benzene rings is 1. The van der Waals surface area contributed by atoms with E-state index in [1.165, 1.54) is 18.3 Å². The van der Waals surface area contributed by atoms with Crippen LogP contribution < -0.4 is 10.1 Å². The molecule has 8 heteroatoms. The molecule has 1 amide bonds. The van der Waals surface area contributed by atoms with Crippen molar-refractivity contribution in [2.75, 3.05) is 11.9 Å². The molecule has 0 bridgehead atoms. The Bertz CT molecular complexity index is 767. The number of halogens is 1. The predicted molar refractivity (Wildman–Crippen MR) is 90.2 cm³/mol. The lowest BCUT2D eigenvalue weighted by molar-refractivity contribution is -0.153. The highest BCUT2D eigenvalue weighted by molar-refractivity contribution is 7.14. The number of anilines is 1. The number of hydrogen-bond acceptors (Lipinski definition) is 6. The smallest absolute Gasteiger partial charge is 0.347 e. The van der Waals surface area contributed by atoms with Crippen molar-refractivity contribution in [3.8, 4) is 11.8 Å². The van der Waals surface area contributed by atoms with Gasteiger partial charge in [-0.15, -0.1) is 11.3 Å². The first-order chi connectivity index (χ1) is 11.5. The highest BCUT2D eigenvalue weighted by atomic mass is 35.5. The number of nitrogens with one attached hydrogen (secondary N) is 1. The molecule has 0 aliphatic carbocycles. The minimum atomic E-state index is -0.879. The molecule has 0 radical (unpaired) electrons. The van der Waals surface area contributed by atoms with Crippen molar-refractivity contribution in [1.82, 2.24) is 0 Å². The van der Waals surface area contributed by atoms with Crippen molar-refractivity contribution in [1.29, 1.82) is 5.26 Å². The second-order valence-corrected chi connectivity index (χ2v) is 6.00. The Hall–Kier alpha value is -2.56. The van der Waals surface area contributed by atoms with Gasteiger partial charge in [-0.3, -0.25) is 4.79 Å². The van der Waals surface area contributed by atoms with Crippen LogP contribution in [0, 0.1) is 11.3 Å². The second-order valence-electron chi connectivity index (χ2n) is 4.65. The number of thiophene rings is 1. The van der Waals surface area contributed by atoms with Gasteiger partial charge in [0.2, 0.25) is 0 Å². The molecule has 0 saturated carbocycles. The van der Waals surface area contributed by atoms with Crippen LogP contribution in [0.3, 0.4) is 0 Å². The van der Waals surface area contributed by atoms with Crippen LogP contribution in [0.4, 0.5) is 5.00 Å². The number of esters is 1. The number of nitriles is 1. The van der Waals surface area contributed by atoms with E-state index in [1.54, 1.807) is 35.7 Å². The molecule has 124 valence electrons. The second kappa shape index (κ2) is 8.34. The fourth-order valence-corrected chi connectivity index (χ4v) is 2.56. The Kier molecular flexibility index (Phi) is 6.18. The number of ether oxygens (including phenoxy) is 2. The summed E-state index contributed by atoms with van der Waals surface area (Å²) in [5, 5.41) is 14.0. The predicted octanol–water partition coefficient (Wildman–Crippen LogP) is 3.22. The molecule has 1 atom stereocenters. The summed E-state index contributed by atoms with van der Waals surface area (Å²) in [4.78, 5) is 23.6. The summed E-state index contributed by atoms with van der Waals surface area (Å²) in [5.41, 5.74) is 0.360. The van der Waals surface area contributed by atoms with E-state index in [4.69, 9.17) is 26.3 Å². The van der Waals surface area contributed by atoms with E-state index in [1.807, 2.05) is 6.07 Å². The summed E-state index contributed by atoms with van der Waals surface area (Å²) in [6.07, 6.45) is -0.879. The summed E-state index contributed by atoms with van der Waals surface area (Å²) in [6.45, 7) is 1.05. The minimum Gasteiger partial charge on any atom is -0.479 e. The summed E-state index contributed by atoms with van der Waals surface area (Å²) in [6, 6.07) is 10.1. The maximum atomic E-state index is 11.8. The van der Waals surface area contributed by atoms with Crippen LogP contribution in [0.15, 0.2) is 35.7 Å². The van der Waals surface area contributed by atoms with Gasteiger partial charge in [0.05, 0.1) is 5.56 Å². The minimum absolute atomic E-state index is 0.360. The average Bonchev–Trinajstić information content (AvgIpc) is 3.01. The van der Waals surface area contributed by atoms with Crippen molar-refractivity contribution in [2.45, 2.75) is 13.0 Å². The van der Waals surface area contributed by atoms with Crippen molar-refractivity contribution in [3.05, 3.63) is 46.3 Å². The van der Waals surface area contributed by atoms with Crippen molar-refractivity contribution >= 4 is 39.8 Å². The Morgan fingerprint density at radius 3 is 2.71 bits per heavy atom. The van der Waals surface area contributed by atoms with Gasteiger partial charge in [-0.05, 0) is 42.6 Å². The molecule has 24 heavy (non-hydrogen) atoms. The van der Waals surface area contributed by atoms with Gasteiger partial charge in [-0.1, -0.05) is 11.6 Å². The zero-order valence-corrected chi connectivity index (χ0v) is 14.2. The van der Waals surface area contributed by atoms with Gasteiger partial charge >= 0.3 is 5.97 Å². The lowest BCUT2D eigenvalue weighted by Gasteiger charge is -2.13. The Balaban J connectivity index is 1.80. The molecule has 1 aromatic heterocycles. The third kappa shape index (κ3) is 4.98. The third-order valence-corrected chi connectivity index (χ3v) is 3.92. The van der Waals surface area contributed by atoms with E-state index < -0.39 is 24.6 Å². The van der Waals surface area contributed by atoms with E-state index in [2.05, 4.69) is 5.32 Å². The molecule has 2 rings (SSSR count). The molecule has 0 fully saturated rings. The highest BCUT2D eigenvalue weighted by Crippen LogP contribution is 2.22. The molecule has 1 aromatic carbocycles. The standard InChI is InChI=1S/C16H13ClN2O4S/c1-10(23-13-4-2-12(17)3-5-13)16(21)22-9-14(20)19-15-11(8-18)6-7-24-15/h2-7,10H,9H2,1H3,(H,19,20)/t10-/m1/s1. The van der Waals surface area contributed by atoms with E-state index in [0.29, 0.717) is 21.3 Å². The molecule has 0 saturated heterocycles. The van der Waals surface area contributed by atoms with Crippen LogP contribution in [0.2, 0.25) is 5.02 Å². The number of rotatable bonds is 6. The first-order valence-corrected chi connectivity index (χ1v) is 8.11. The Labute approximate surface area is 147 Å². The number of hydrogen-bond donors (Lipinski definition) is 1. The fraction of sp³-hybridized carbons (Fsp3) is 0.188. The zero-order chi connectivity index (χ0) is 17.5. The molecule has 2 aromatic rings. The van der Waals surface area contributed by atoms with Crippen LogP contribution in [-0.4, -0.2) is 24.6 Å². The van der Waals surface area contributed by atoms with Gasteiger partial charge in [0, 0.05) is 5.02 Å². The van der Waals surface area contributed by atoms with E-state index in [-0.39, 0.29) is 0 Å². The first kappa shape index (κ1) is 17.8. The lowest BCUT2D eigenvalue weighted by Crippen LogP contribution is -2.29. The van der Waals surface area contributed by atoms with Crippen LogP contribution >= 0.6 is 22.9 Å². The molecule has 0 spiro atoms. The largest absolute Gasteiger partial charge is 0.479 e. The molecular formula is C16H13ClN2O4S. The third-order valence-electron chi connectivity index (χ3n) is 2.84. The van der Waals surface area contributed by atoms with Gasteiger partial charge in [0.25, 0.3) is 5.91 Å². The molecule has 0 unspecified atom stereocenters. The summed E-state index contributed by atoms with van der Waals surface area (Å²) in [5.74, 6) is -0.738. The molecule has 1 heterocycles. The molecule has 6 nitrogen and oxygen atoms in total. The molecular weight excluding hydrogens is 352 g/mol. The van der Waals surface area contributed by atoms with Gasteiger partial charge in [0.15, 0.2) is 12.7 Å². The molecule has 1 N–H and O–H groups in total. The molecule has 0 aliphatic heterocycles.